The van der Waals surface area contributed by atoms with Crippen LogP contribution >= 0.6 is 11.8 Å². The van der Waals surface area contributed by atoms with Crippen LogP contribution in [-0.4, -0.2) is 44.8 Å². The summed E-state index contributed by atoms with van der Waals surface area (Å²) in [6.45, 7) is 7.80. The van der Waals surface area contributed by atoms with Crippen molar-refractivity contribution in [2.24, 2.45) is 0 Å². The smallest absolute Gasteiger partial charge is 0.251 e. The Bertz CT molecular complexity index is 741. The van der Waals surface area contributed by atoms with Gasteiger partial charge in [0.2, 0.25) is 11.8 Å². The fourth-order valence-electron chi connectivity index (χ4n) is 3.36. The summed E-state index contributed by atoms with van der Waals surface area (Å²) >= 11 is 1.67. The van der Waals surface area contributed by atoms with Gasteiger partial charge in [0.25, 0.3) is 5.91 Å². The first kappa shape index (κ1) is 18.8. The van der Waals surface area contributed by atoms with Gasteiger partial charge >= 0.3 is 0 Å². The Kier molecular flexibility index (Phi) is 4.77. The number of thioether (sulfide) groups is 1. The number of carbonyl (C=O) groups excluding carboxylic acids is 3. The molecule has 6 nitrogen and oxygen atoms in total. The lowest BCUT2D eigenvalue weighted by atomic mass is 10.1. The lowest BCUT2D eigenvalue weighted by Gasteiger charge is -2.29. The summed E-state index contributed by atoms with van der Waals surface area (Å²) in [6.07, 6.45) is 1.29. The fourth-order valence-corrected chi connectivity index (χ4v) is 4.79. The molecule has 2 N–H and O–H groups in total. The Morgan fingerprint density at radius 1 is 1.23 bits per heavy atom. The van der Waals surface area contributed by atoms with Crippen LogP contribution in [0.2, 0.25) is 0 Å². The summed E-state index contributed by atoms with van der Waals surface area (Å²) < 4.78 is 0. The molecule has 2 fully saturated rings. The third kappa shape index (κ3) is 3.72. The van der Waals surface area contributed by atoms with E-state index in [2.05, 4.69) is 10.6 Å². The molecule has 1 aromatic carbocycles. The molecule has 140 valence electrons. The van der Waals surface area contributed by atoms with E-state index in [1.807, 2.05) is 27.7 Å². The molecule has 1 aromatic rings. The first-order valence-corrected chi connectivity index (χ1v) is 9.77. The van der Waals surface area contributed by atoms with Crippen LogP contribution in [0.1, 0.15) is 50.9 Å². The molecule has 2 atom stereocenters. The third-order valence-electron chi connectivity index (χ3n) is 4.65. The number of carbonyl (C=O) groups is 3. The van der Waals surface area contributed by atoms with Crippen molar-refractivity contribution < 1.29 is 14.4 Å². The van der Waals surface area contributed by atoms with Crippen molar-refractivity contribution in [3.8, 4) is 0 Å². The van der Waals surface area contributed by atoms with Gasteiger partial charge in [0.15, 0.2) is 0 Å². The first-order chi connectivity index (χ1) is 12.1. The molecule has 26 heavy (non-hydrogen) atoms. The molecule has 0 bridgehead atoms. The number of hydrogen-bond donors (Lipinski definition) is 2. The standard InChI is InChI=1S/C19H25N3O3S/c1-18(2,3)21-16(24)12-5-7-13(8-6-12)20-17(25)14-11-26-19(4)10-9-15(23)22(14)19/h5-8,14H,9-11H2,1-4H3,(H,20,25)(H,21,24)/t14-,19-/m0/s1. The number of nitrogens with zero attached hydrogens (tertiary/aromatic N) is 1. The molecule has 0 saturated carbocycles. The SMILES string of the molecule is CC(C)(C)NC(=O)c1ccc(NC(=O)[C@@H]2CS[C@@]3(C)CCC(=O)N23)cc1. The van der Waals surface area contributed by atoms with E-state index in [9.17, 15) is 14.4 Å². The van der Waals surface area contributed by atoms with E-state index >= 15 is 0 Å². The highest BCUT2D eigenvalue weighted by Crippen LogP contribution is 2.47. The predicted molar refractivity (Wildman–Crippen MR) is 103 cm³/mol. The topological polar surface area (TPSA) is 78.5 Å². The van der Waals surface area contributed by atoms with Gasteiger partial charge in [0.05, 0.1) is 4.87 Å². The quantitative estimate of drug-likeness (QED) is 0.851. The molecule has 0 spiro atoms. The molecule has 0 aliphatic carbocycles. The average molecular weight is 375 g/mol. The monoisotopic (exact) mass is 375 g/mol. The second-order valence-corrected chi connectivity index (χ2v) is 9.54. The number of fused-ring (bicyclic) bond motifs is 1. The van der Waals surface area contributed by atoms with Gasteiger partial charge in [-0.2, -0.15) is 0 Å². The third-order valence-corrected chi connectivity index (χ3v) is 6.16. The summed E-state index contributed by atoms with van der Waals surface area (Å²) in [5, 5.41) is 5.77. The molecule has 2 heterocycles. The van der Waals surface area contributed by atoms with Crippen LogP contribution in [0, 0.1) is 0 Å². The molecule has 2 aliphatic rings. The van der Waals surface area contributed by atoms with Gasteiger partial charge in [-0.1, -0.05) is 0 Å². The van der Waals surface area contributed by atoms with Gasteiger partial charge in [-0.25, -0.2) is 0 Å². The largest absolute Gasteiger partial charge is 0.347 e. The highest BCUT2D eigenvalue weighted by molar-refractivity contribution is 8.01. The number of nitrogens with one attached hydrogen (secondary N) is 2. The Hall–Kier alpha value is -2.02. The van der Waals surface area contributed by atoms with Gasteiger partial charge in [-0.05, 0) is 58.4 Å². The first-order valence-electron chi connectivity index (χ1n) is 8.79. The van der Waals surface area contributed by atoms with Gasteiger partial charge < -0.3 is 15.5 Å². The Morgan fingerprint density at radius 2 is 1.88 bits per heavy atom. The van der Waals surface area contributed by atoms with Crippen LogP contribution in [0.4, 0.5) is 5.69 Å². The minimum Gasteiger partial charge on any atom is -0.347 e. The molecular weight excluding hydrogens is 350 g/mol. The van der Waals surface area contributed by atoms with Crippen molar-refractivity contribution in [2.75, 3.05) is 11.1 Å². The molecule has 3 amide bonds. The van der Waals surface area contributed by atoms with Crippen molar-refractivity contribution in [1.82, 2.24) is 10.2 Å². The average Bonchev–Trinajstić information content (AvgIpc) is 3.03. The number of anilines is 1. The minimum atomic E-state index is -0.441. The number of benzene rings is 1. The normalized spacial score (nSPS) is 25.2. The van der Waals surface area contributed by atoms with Crippen LogP contribution in [0.5, 0.6) is 0 Å². The second-order valence-electron chi connectivity index (χ2n) is 8.04. The van der Waals surface area contributed by atoms with E-state index in [-0.39, 0.29) is 28.1 Å². The Morgan fingerprint density at radius 3 is 2.50 bits per heavy atom. The summed E-state index contributed by atoms with van der Waals surface area (Å²) in [4.78, 5) is 38.4. The second kappa shape index (κ2) is 6.61. The summed E-state index contributed by atoms with van der Waals surface area (Å²) in [6, 6.07) is 6.35. The van der Waals surface area contributed by atoms with Crippen molar-refractivity contribution in [3.63, 3.8) is 0 Å². The maximum atomic E-state index is 12.7. The lowest BCUT2D eigenvalue weighted by Crippen LogP contribution is -2.48. The molecule has 0 radical (unpaired) electrons. The van der Waals surface area contributed by atoms with E-state index in [1.165, 1.54) is 0 Å². The summed E-state index contributed by atoms with van der Waals surface area (Å²) in [5.41, 5.74) is 0.850. The van der Waals surface area contributed by atoms with Crippen LogP contribution in [0.3, 0.4) is 0 Å². The van der Waals surface area contributed by atoms with E-state index in [0.29, 0.717) is 23.4 Å². The van der Waals surface area contributed by atoms with Crippen LogP contribution in [0.25, 0.3) is 0 Å². The number of rotatable bonds is 3. The summed E-state index contributed by atoms with van der Waals surface area (Å²) in [7, 11) is 0. The van der Waals surface area contributed by atoms with Gasteiger partial charge in [-0.3, -0.25) is 14.4 Å². The molecular formula is C19H25N3O3S. The van der Waals surface area contributed by atoms with Crippen LogP contribution in [-0.2, 0) is 9.59 Å². The molecule has 3 rings (SSSR count). The van der Waals surface area contributed by atoms with E-state index in [1.54, 1.807) is 40.9 Å². The Labute approximate surface area is 158 Å². The van der Waals surface area contributed by atoms with Crippen LogP contribution < -0.4 is 10.6 Å². The van der Waals surface area contributed by atoms with Crippen molar-refractivity contribution >= 4 is 35.2 Å². The molecule has 7 heteroatoms. The molecule has 2 saturated heterocycles. The van der Waals surface area contributed by atoms with E-state index < -0.39 is 6.04 Å². The van der Waals surface area contributed by atoms with Crippen molar-refractivity contribution in [3.05, 3.63) is 29.8 Å². The molecule has 2 aliphatic heterocycles. The number of amides is 3. The van der Waals surface area contributed by atoms with Crippen LogP contribution in [0.15, 0.2) is 24.3 Å². The van der Waals surface area contributed by atoms with Gasteiger partial charge in [0, 0.05) is 29.0 Å². The zero-order valence-corrected chi connectivity index (χ0v) is 16.4. The molecule has 0 aromatic heterocycles. The highest BCUT2D eigenvalue weighted by Gasteiger charge is 2.52. The lowest BCUT2D eigenvalue weighted by molar-refractivity contribution is -0.135. The highest BCUT2D eigenvalue weighted by atomic mass is 32.2. The zero-order chi connectivity index (χ0) is 19.1. The zero-order valence-electron chi connectivity index (χ0n) is 15.6. The maximum absolute atomic E-state index is 12.7. The Balaban J connectivity index is 1.65. The summed E-state index contributed by atoms with van der Waals surface area (Å²) in [5.74, 6) is 0.330. The van der Waals surface area contributed by atoms with E-state index in [4.69, 9.17) is 0 Å². The maximum Gasteiger partial charge on any atom is 0.251 e. The van der Waals surface area contributed by atoms with Crippen molar-refractivity contribution in [2.45, 2.75) is 57.0 Å². The predicted octanol–water partition coefficient (Wildman–Crippen LogP) is 2.61. The van der Waals surface area contributed by atoms with Gasteiger partial charge in [0.1, 0.15) is 6.04 Å². The fraction of sp³-hybridized carbons (Fsp3) is 0.526. The minimum absolute atomic E-state index is 0.0480. The van der Waals surface area contributed by atoms with Crippen molar-refractivity contribution in [1.29, 1.82) is 0 Å². The van der Waals surface area contributed by atoms with E-state index in [0.717, 1.165) is 6.42 Å². The molecule has 0 unspecified atom stereocenters. The van der Waals surface area contributed by atoms with Gasteiger partial charge in [-0.15, -0.1) is 11.8 Å². The number of hydrogen-bond acceptors (Lipinski definition) is 4.